The molecular weight excluding hydrogens is 1720 g/mol. The molecule has 0 spiro atoms. The number of rotatable bonds is 72. The largest absolute Gasteiger partial charge is 0.384 e. The molecule has 0 aliphatic carbocycles. The molecule has 6 aromatic carbocycles. The van der Waals surface area contributed by atoms with Gasteiger partial charge in [-0.15, -0.1) is 0 Å². The molecule has 18 heteroatoms. The van der Waals surface area contributed by atoms with Crippen molar-refractivity contribution in [3.05, 3.63) is 202 Å². The Morgan fingerprint density at radius 2 is 0.275 bits per heavy atom. The fourth-order valence-electron chi connectivity index (χ4n) is 19.9. The first-order chi connectivity index (χ1) is 67.5. The zero-order valence-electron chi connectivity index (χ0n) is 88.5. The van der Waals surface area contributed by atoms with Gasteiger partial charge in [-0.2, -0.15) is 0 Å². The molecule has 7 aromatic rings. The topological polar surface area (TPSA) is 253 Å². The number of methoxy groups -OCH3 is 6. The van der Waals surface area contributed by atoms with Crippen LogP contribution in [0.5, 0.6) is 0 Å². The summed E-state index contributed by atoms with van der Waals surface area (Å²) in [6, 6.07) is 24.3. The van der Waals surface area contributed by atoms with E-state index in [1.54, 1.807) is 42.7 Å². The Morgan fingerprint density at radius 3 is 0.391 bits per heavy atom. The molecule has 7 rings (SSSR count). The van der Waals surface area contributed by atoms with E-state index in [4.69, 9.17) is 28.4 Å². The lowest BCUT2D eigenvalue weighted by molar-refractivity contribution is 0.202. The van der Waals surface area contributed by atoms with Crippen molar-refractivity contribution in [1.82, 2.24) is 29.9 Å². The van der Waals surface area contributed by atoms with Crippen molar-refractivity contribution in [2.24, 2.45) is 0 Å². The second kappa shape index (κ2) is 71.4. The first kappa shape index (κ1) is 117. The number of nitrogens with one attached hydrogen (secondary N) is 6. The van der Waals surface area contributed by atoms with E-state index in [-0.39, 0.29) is 78.2 Å². The molecule has 0 amide bonds. The van der Waals surface area contributed by atoms with Gasteiger partial charge in [0.15, 0.2) is 0 Å². The summed E-state index contributed by atoms with van der Waals surface area (Å²) in [7, 11) is 9.89. The zero-order chi connectivity index (χ0) is 99.0. The number of hydrogen-bond donors (Lipinski definition) is 6. The maximum absolute atomic E-state index is 16.5. The minimum absolute atomic E-state index is 0.220. The first-order valence-electron chi connectivity index (χ1n) is 55.3. The Kier molecular flexibility index (Phi) is 60.4. The lowest BCUT2D eigenvalue weighted by Gasteiger charge is -2.12. The summed E-state index contributed by atoms with van der Waals surface area (Å²) in [4.78, 5) is 120. The molecule has 0 fully saturated rings. The highest BCUT2D eigenvalue weighted by Crippen LogP contribution is 2.29. The molecule has 0 aliphatic heterocycles. The number of benzene rings is 6. The van der Waals surface area contributed by atoms with E-state index in [9.17, 15) is 0 Å². The average molecular weight is 1900 g/mol. The number of hydrogen-bond acceptors (Lipinski definition) is 12. The summed E-state index contributed by atoms with van der Waals surface area (Å²) < 4.78 is 35.8. The Bertz CT molecular complexity index is 4560. The monoisotopic (exact) mass is 1900 g/mol. The van der Waals surface area contributed by atoms with Crippen molar-refractivity contribution in [3.8, 4) is 0 Å². The third-order valence-electron chi connectivity index (χ3n) is 28.1. The van der Waals surface area contributed by atoms with Gasteiger partial charge in [0.25, 0.3) is 33.4 Å². The van der Waals surface area contributed by atoms with Crippen LogP contribution in [-0.4, -0.2) is 112 Å². The fraction of sp³-hybridized carbons (Fsp3) is 0.650. The average Bonchev–Trinajstić information content (AvgIpc) is 0.781. The van der Waals surface area contributed by atoms with E-state index in [0.29, 0.717) is 137 Å². The van der Waals surface area contributed by atoms with Gasteiger partial charge in [0.1, 0.15) is 0 Å². The Labute approximate surface area is 829 Å². The molecule has 768 valence electrons. The molecule has 0 atom stereocenters. The van der Waals surface area contributed by atoms with Gasteiger partial charge >= 0.3 is 0 Å². The van der Waals surface area contributed by atoms with Gasteiger partial charge in [0.2, 0.25) is 0 Å². The summed E-state index contributed by atoms with van der Waals surface area (Å²) in [5.74, 6) is 0. The van der Waals surface area contributed by atoms with Crippen LogP contribution in [0.1, 0.15) is 417 Å². The molecule has 1 aromatic heterocycles. The second-order valence-electron chi connectivity index (χ2n) is 39.5. The van der Waals surface area contributed by atoms with Gasteiger partial charge in [0.05, 0.1) is 39.6 Å². The van der Waals surface area contributed by atoms with Crippen molar-refractivity contribution in [2.75, 3.05) is 82.3 Å². The van der Waals surface area contributed by atoms with Crippen molar-refractivity contribution in [2.45, 2.75) is 427 Å². The third-order valence-corrected chi connectivity index (χ3v) is 28.1. The zero-order valence-corrected chi connectivity index (χ0v) is 88.5. The van der Waals surface area contributed by atoms with Gasteiger partial charge < -0.3 is 58.3 Å². The summed E-state index contributed by atoms with van der Waals surface area (Å²) in [6.45, 7) is 14.8. The highest BCUT2D eigenvalue weighted by Gasteiger charge is 2.19. The number of unbranched alkanes of at least 4 members (excludes halogenated alkanes) is 42. The number of aromatic amines is 6. The van der Waals surface area contributed by atoms with Gasteiger partial charge in [-0.3, -0.25) is 28.8 Å². The van der Waals surface area contributed by atoms with Gasteiger partial charge in [-0.05, 0) is 255 Å². The second-order valence-corrected chi connectivity index (χ2v) is 39.5. The Balaban J connectivity index is 1.85. The molecule has 138 heavy (non-hydrogen) atoms. The highest BCUT2D eigenvalue weighted by molar-refractivity contribution is 5.81. The molecular formula is C120H186N6O12. The van der Waals surface area contributed by atoms with Crippen LogP contribution in [0.3, 0.4) is 0 Å². The lowest BCUT2D eigenvalue weighted by atomic mass is 9.97. The number of fused-ring (bicyclic) bond motifs is 12. The highest BCUT2D eigenvalue weighted by atomic mass is 16.5. The van der Waals surface area contributed by atoms with E-state index in [0.717, 1.165) is 187 Å². The number of aromatic nitrogens is 6. The predicted molar refractivity (Wildman–Crippen MR) is 586 cm³/mol. The first-order valence-corrected chi connectivity index (χ1v) is 55.3. The van der Waals surface area contributed by atoms with Crippen LogP contribution in [0, 0.1) is 0 Å². The summed E-state index contributed by atoms with van der Waals surface area (Å²) in [6.07, 6.45) is 58.7. The Hall–Kier alpha value is -8.10. The number of ether oxygens (including phenoxy) is 6. The number of aryl methyl sites for hydroxylation is 6. The van der Waals surface area contributed by atoms with Crippen LogP contribution in [0.4, 0.5) is 0 Å². The maximum Gasteiger partial charge on any atom is 0.256 e. The van der Waals surface area contributed by atoms with Crippen LogP contribution in [-0.2, 0) is 105 Å². The molecule has 0 saturated carbocycles. The van der Waals surface area contributed by atoms with Crippen LogP contribution in [0.2, 0.25) is 0 Å². The molecule has 0 aliphatic rings. The van der Waals surface area contributed by atoms with Crippen molar-refractivity contribution in [3.63, 3.8) is 0 Å². The maximum atomic E-state index is 16.5. The normalized spacial score (nSPS) is 11.6. The van der Waals surface area contributed by atoms with Gasteiger partial charge in [-0.25, -0.2) is 0 Å². The van der Waals surface area contributed by atoms with Gasteiger partial charge in [0, 0.05) is 108 Å². The minimum atomic E-state index is -0.404. The molecule has 1 heterocycles. The Morgan fingerprint density at radius 1 is 0.159 bits per heavy atom. The van der Waals surface area contributed by atoms with Gasteiger partial charge in [-0.1, -0.05) is 311 Å². The predicted octanol–water partition coefficient (Wildman–Crippen LogP) is 29.0. The molecule has 0 saturated heterocycles. The molecule has 6 N–H and O–H groups in total. The SMILES string of the molecule is CCCCCCCCCCc1cc2[nH]c(=O)c3cc(CCCCCCCCCC)cc([nH]c(=O)c4cc(CCCCCCCCCC)cc([nH]c(=O)c5cc(CCCCCCCCCC)cc([nH]c(=O)c6cc(CCCCCCCCCC)cc([nH]c(=O)c7cc(CCCCCCCCCC)cc([nH]c(=O)c(c1)c2CCOC)c7CCOC)c6CCOC)c5CCOC)c4CCOC)c3CCOC. The van der Waals surface area contributed by atoms with Crippen LogP contribution in [0.15, 0.2) is 102 Å². The summed E-state index contributed by atoms with van der Waals surface area (Å²) in [5, 5.41) is 2.23. The fourth-order valence-corrected chi connectivity index (χ4v) is 19.9. The van der Waals surface area contributed by atoms with E-state index in [1.807, 2.05) is 36.4 Å². The third kappa shape index (κ3) is 42.6. The van der Waals surface area contributed by atoms with Crippen LogP contribution < -0.4 is 33.4 Å². The van der Waals surface area contributed by atoms with Crippen LogP contribution in [0.25, 0.3) is 65.4 Å². The number of H-pyrrole nitrogens is 6. The van der Waals surface area contributed by atoms with Crippen molar-refractivity contribution in [1.29, 1.82) is 0 Å². The lowest BCUT2D eigenvalue weighted by Crippen LogP contribution is -2.15. The summed E-state index contributed by atoms with van der Waals surface area (Å²) in [5.41, 5.74) is 9.26. The summed E-state index contributed by atoms with van der Waals surface area (Å²) >= 11 is 0. The van der Waals surface area contributed by atoms with Crippen molar-refractivity contribution >= 4 is 65.4 Å². The molecule has 0 unspecified atom stereocenters. The van der Waals surface area contributed by atoms with E-state index in [2.05, 4.69) is 108 Å². The van der Waals surface area contributed by atoms with E-state index >= 15 is 28.8 Å². The quantitative estimate of drug-likeness (QED) is 0.0195. The standard InChI is InChI=1S/C120H186N6O12/c1-13-19-25-31-37-43-49-55-61-91-79-103-97(67-73-133-7)109(85-91)121-116(128)104-80-92(62-56-50-44-38-32-26-20-14-2)87-111(98(104)68-74-134-8)123-118(130)106-82-94(64-58-52-46-40-34-28-22-16-4)89-113(100(106)70-76-136-10)125-120(132)108-84-96(66-60-54-48-42-36-30-24-18-6)90-114(102(108)72-78-138-12)126-119(131)107-83-95(65-59-53-47-41-35-29-23-17-5)88-112(101(107)71-77-137-11)124-117(129)105-81-93(63-57-51-45-39-33-27-21-15-3)86-110(122-115(103)127)99(105)69-75-135-9/h79-90H,13-78H2,1-12H3,(H,121,128)(H,122,127)(H,123,130)(H,124,129)(H,125,132)(H,126,131). The molecule has 18 nitrogen and oxygen atoms in total. The minimum Gasteiger partial charge on any atom is -0.384 e. The van der Waals surface area contributed by atoms with E-state index in [1.165, 1.54) is 154 Å². The van der Waals surface area contributed by atoms with Crippen LogP contribution >= 0.6 is 0 Å². The van der Waals surface area contributed by atoms with E-state index < -0.39 is 33.4 Å². The van der Waals surface area contributed by atoms with Crippen molar-refractivity contribution < 1.29 is 28.4 Å². The smallest absolute Gasteiger partial charge is 0.256 e. The molecule has 12 bridgehead atoms. The molecule has 0 radical (unpaired) electrons.